The first kappa shape index (κ1) is 30.1. The Kier molecular flexibility index (Phi) is 16.3. The third kappa shape index (κ3) is 12.0. The number of methoxy groups -OCH3 is 1. The van der Waals surface area contributed by atoms with Crippen LogP contribution in [0.1, 0.15) is 72.1 Å². The lowest BCUT2D eigenvalue weighted by atomic mass is 9.87. The summed E-state index contributed by atoms with van der Waals surface area (Å²) in [7, 11) is 1.57. The van der Waals surface area contributed by atoms with Crippen LogP contribution in [0.2, 0.25) is 0 Å². The predicted molar refractivity (Wildman–Crippen MR) is 135 cm³/mol. The van der Waals surface area contributed by atoms with Crippen molar-refractivity contribution in [3.8, 4) is 0 Å². The first-order valence-electron chi connectivity index (χ1n) is 12.2. The third-order valence-electron chi connectivity index (χ3n) is 6.16. The molecule has 1 rings (SSSR count). The summed E-state index contributed by atoms with van der Waals surface area (Å²) in [5.74, 6) is 0.251. The van der Waals surface area contributed by atoms with Crippen molar-refractivity contribution in [1.82, 2.24) is 4.98 Å². The normalized spacial score (nSPS) is 14.6. The first-order valence-corrected chi connectivity index (χ1v) is 13.0. The maximum Gasteiger partial charge on any atom is 0.198 e. The lowest BCUT2D eigenvalue weighted by molar-refractivity contribution is -0.133. The SMILES string of the molecule is CCC(CCCC(C)C(=O)CC(OCOC)C(CC)CCCN=[N+]=[N-])C(=O)Sc1ccccn1. The van der Waals surface area contributed by atoms with Crippen LogP contribution in [0, 0.1) is 17.8 Å². The molecule has 1 aromatic heterocycles. The van der Waals surface area contributed by atoms with Gasteiger partial charge in [0.15, 0.2) is 5.12 Å². The number of Topliss-reactive ketones (excluding diaryl/α,β-unsaturated/α-hetero) is 1. The molecule has 0 amide bonds. The van der Waals surface area contributed by atoms with Crippen molar-refractivity contribution in [2.75, 3.05) is 20.4 Å². The minimum Gasteiger partial charge on any atom is -0.359 e. The third-order valence-corrected chi connectivity index (χ3v) is 7.14. The number of pyridine rings is 1. The smallest absolute Gasteiger partial charge is 0.198 e. The van der Waals surface area contributed by atoms with Crippen LogP contribution >= 0.6 is 11.8 Å². The molecule has 4 unspecified atom stereocenters. The van der Waals surface area contributed by atoms with E-state index in [-0.39, 0.29) is 41.5 Å². The van der Waals surface area contributed by atoms with E-state index in [9.17, 15) is 9.59 Å². The summed E-state index contributed by atoms with van der Waals surface area (Å²) < 4.78 is 11.0. The van der Waals surface area contributed by atoms with Gasteiger partial charge in [0.05, 0.1) is 6.10 Å². The molecule has 0 saturated carbocycles. The van der Waals surface area contributed by atoms with Gasteiger partial charge in [0.2, 0.25) is 0 Å². The number of nitrogens with zero attached hydrogens (tertiary/aromatic N) is 4. The topological polar surface area (TPSA) is 114 Å². The van der Waals surface area contributed by atoms with Crippen molar-refractivity contribution < 1.29 is 19.1 Å². The molecule has 1 heterocycles. The zero-order valence-electron chi connectivity index (χ0n) is 21.0. The molecule has 0 aliphatic carbocycles. The van der Waals surface area contributed by atoms with E-state index in [0.717, 1.165) is 50.0 Å². The Bertz CT molecular complexity index is 759. The monoisotopic (exact) mass is 492 g/mol. The molecular formula is C25H40N4O4S. The lowest BCUT2D eigenvalue weighted by Gasteiger charge is -2.27. The van der Waals surface area contributed by atoms with Gasteiger partial charge in [-0.2, -0.15) is 0 Å². The van der Waals surface area contributed by atoms with Gasteiger partial charge in [-0.3, -0.25) is 9.59 Å². The number of thioether (sulfide) groups is 1. The highest BCUT2D eigenvalue weighted by molar-refractivity contribution is 8.13. The second kappa shape index (κ2) is 18.4. The number of ether oxygens (including phenoxy) is 2. The zero-order valence-corrected chi connectivity index (χ0v) is 21.8. The maximum atomic E-state index is 13.0. The van der Waals surface area contributed by atoms with Crippen LogP contribution in [0.5, 0.6) is 0 Å². The molecule has 0 aliphatic rings. The van der Waals surface area contributed by atoms with Crippen molar-refractivity contribution in [3.63, 3.8) is 0 Å². The van der Waals surface area contributed by atoms with Crippen LogP contribution < -0.4 is 0 Å². The van der Waals surface area contributed by atoms with Gasteiger partial charge in [-0.05, 0) is 67.4 Å². The summed E-state index contributed by atoms with van der Waals surface area (Å²) >= 11 is 1.20. The zero-order chi connectivity index (χ0) is 25.2. The molecular weight excluding hydrogens is 452 g/mol. The number of ketones is 1. The average molecular weight is 493 g/mol. The summed E-state index contributed by atoms with van der Waals surface area (Å²) in [4.78, 5) is 32.6. The van der Waals surface area contributed by atoms with E-state index in [1.807, 2.05) is 32.0 Å². The molecule has 0 spiro atoms. The molecule has 9 heteroatoms. The molecule has 0 aromatic carbocycles. The maximum absolute atomic E-state index is 13.0. The molecule has 190 valence electrons. The van der Waals surface area contributed by atoms with Gasteiger partial charge in [0.1, 0.15) is 17.6 Å². The van der Waals surface area contributed by atoms with E-state index in [1.54, 1.807) is 13.3 Å². The van der Waals surface area contributed by atoms with E-state index >= 15 is 0 Å². The quantitative estimate of drug-likeness (QED) is 0.0537. The Morgan fingerprint density at radius 2 is 1.97 bits per heavy atom. The molecule has 0 radical (unpaired) electrons. The van der Waals surface area contributed by atoms with Crippen molar-refractivity contribution in [2.45, 2.75) is 83.3 Å². The molecule has 0 saturated heterocycles. The van der Waals surface area contributed by atoms with Crippen LogP contribution in [0.3, 0.4) is 0 Å². The fourth-order valence-corrected chi connectivity index (χ4v) is 4.87. The van der Waals surface area contributed by atoms with Crippen LogP contribution in [0.15, 0.2) is 34.5 Å². The first-order chi connectivity index (χ1) is 16.5. The van der Waals surface area contributed by atoms with E-state index < -0.39 is 0 Å². The standard InChI is InChI=1S/C25H40N4O4S/c1-5-20(13-10-16-28-29-26)23(33-18-32-4)17-22(30)19(3)11-9-12-21(6-2)25(31)34-24-14-7-8-15-27-24/h7-8,14-15,19-21,23H,5-6,9-13,16-18H2,1-4H3. The summed E-state index contributed by atoms with van der Waals surface area (Å²) in [6.45, 7) is 6.67. The number of azide groups is 1. The molecule has 0 aliphatic heterocycles. The minimum atomic E-state index is -0.217. The Labute approximate surface area is 208 Å². The molecule has 34 heavy (non-hydrogen) atoms. The number of rotatable bonds is 19. The predicted octanol–water partition coefficient (Wildman–Crippen LogP) is 6.60. The van der Waals surface area contributed by atoms with E-state index in [2.05, 4.69) is 21.9 Å². The number of aromatic nitrogens is 1. The highest BCUT2D eigenvalue weighted by atomic mass is 32.2. The van der Waals surface area contributed by atoms with Gasteiger partial charge in [-0.1, -0.05) is 44.8 Å². The Morgan fingerprint density at radius 1 is 1.18 bits per heavy atom. The van der Waals surface area contributed by atoms with E-state index in [1.165, 1.54) is 11.8 Å². The van der Waals surface area contributed by atoms with Crippen molar-refractivity contribution in [3.05, 3.63) is 34.8 Å². The van der Waals surface area contributed by atoms with Gasteiger partial charge in [-0.25, -0.2) is 4.98 Å². The second-order valence-corrected chi connectivity index (χ2v) is 9.60. The largest absolute Gasteiger partial charge is 0.359 e. The molecule has 8 nitrogen and oxygen atoms in total. The van der Waals surface area contributed by atoms with E-state index in [0.29, 0.717) is 13.0 Å². The highest BCUT2D eigenvalue weighted by Gasteiger charge is 2.26. The van der Waals surface area contributed by atoms with Crippen molar-refractivity contribution in [1.29, 1.82) is 0 Å². The van der Waals surface area contributed by atoms with Gasteiger partial charge >= 0.3 is 0 Å². The Balaban J connectivity index is 2.55. The van der Waals surface area contributed by atoms with Crippen LogP contribution in [0.25, 0.3) is 10.4 Å². The van der Waals surface area contributed by atoms with Crippen LogP contribution in [-0.2, 0) is 19.1 Å². The van der Waals surface area contributed by atoms with Gasteiger partial charge in [0, 0.05) is 43.0 Å². The molecule has 0 N–H and O–H groups in total. The minimum absolute atomic E-state index is 0.0346. The highest BCUT2D eigenvalue weighted by Crippen LogP contribution is 2.27. The fraction of sp³-hybridized carbons (Fsp3) is 0.720. The van der Waals surface area contributed by atoms with Crippen molar-refractivity contribution in [2.24, 2.45) is 22.9 Å². The van der Waals surface area contributed by atoms with Crippen LogP contribution in [0.4, 0.5) is 0 Å². The summed E-state index contributed by atoms with van der Waals surface area (Å²) in [6.07, 6.45) is 7.42. The second-order valence-electron chi connectivity index (χ2n) is 8.57. The molecule has 1 aromatic rings. The van der Waals surface area contributed by atoms with Gasteiger partial charge in [-0.15, -0.1) is 0 Å². The number of hydrogen-bond donors (Lipinski definition) is 0. The summed E-state index contributed by atoms with van der Waals surface area (Å²) in [5.41, 5.74) is 8.46. The number of carbonyl (C=O) groups is 2. The fourth-order valence-electron chi connectivity index (χ4n) is 3.95. The van der Waals surface area contributed by atoms with Gasteiger partial charge < -0.3 is 9.47 Å². The summed E-state index contributed by atoms with van der Waals surface area (Å²) in [6, 6.07) is 5.56. The molecule has 0 bridgehead atoms. The van der Waals surface area contributed by atoms with Crippen LogP contribution in [-0.4, -0.2) is 42.4 Å². The van der Waals surface area contributed by atoms with Gasteiger partial charge in [0.25, 0.3) is 0 Å². The Morgan fingerprint density at radius 3 is 2.59 bits per heavy atom. The number of hydrogen-bond acceptors (Lipinski definition) is 7. The summed E-state index contributed by atoms with van der Waals surface area (Å²) in [5, 5.41) is 4.46. The number of carbonyl (C=O) groups excluding carboxylic acids is 2. The van der Waals surface area contributed by atoms with E-state index in [4.69, 9.17) is 15.0 Å². The average Bonchev–Trinajstić information content (AvgIpc) is 2.85. The van der Waals surface area contributed by atoms with Crippen molar-refractivity contribution >= 4 is 22.7 Å². The lowest BCUT2D eigenvalue weighted by Crippen LogP contribution is -2.30. The molecule has 4 atom stereocenters. The Hall–Kier alpha value is -1.93. The molecule has 0 fully saturated rings.